The molecule has 0 saturated heterocycles. The van der Waals surface area contributed by atoms with Crippen LogP contribution < -0.4 is 5.32 Å². The van der Waals surface area contributed by atoms with Gasteiger partial charge in [0.05, 0.1) is 6.54 Å². The van der Waals surface area contributed by atoms with Gasteiger partial charge in [0.25, 0.3) is 0 Å². The average molecular weight is 446 g/mol. The van der Waals surface area contributed by atoms with Gasteiger partial charge in [0.2, 0.25) is 5.91 Å². The van der Waals surface area contributed by atoms with E-state index < -0.39 is 0 Å². The highest BCUT2D eigenvalue weighted by Crippen LogP contribution is 2.15. The van der Waals surface area contributed by atoms with Crippen LogP contribution in [0.2, 0.25) is 0 Å². The van der Waals surface area contributed by atoms with Crippen molar-refractivity contribution in [3.8, 4) is 0 Å². The normalized spacial score (nSPS) is 10.6. The Kier molecular flexibility index (Phi) is 11.7. The molecule has 0 saturated carbocycles. The van der Waals surface area contributed by atoms with E-state index in [-0.39, 0.29) is 18.5 Å². The number of unbranched alkanes of at least 4 members (excludes halogenated alkanes) is 1. The summed E-state index contributed by atoms with van der Waals surface area (Å²) in [5.74, 6) is -0.0562. The predicted octanol–water partition coefficient (Wildman–Crippen LogP) is 4.52. The van der Waals surface area contributed by atoms with E-state index in [2.05, 4.69) is 12.2 Å². The molecule has 0 unspecified atom stereocenters. The van der Waals surface area contributed by atoms with Gasteiger partial charge in [0.1, 0.15) is 6.54 Å². The molecular weight excluding hydrogens is 410 g/mol. The summed E-state index contributed by atoms with van der Waals surface area (Å²) in [6.07, 6.45) is 2.63. The second kappa shape index (κ2) is 14.6. The summed E-state index contributed by atoms with van der Waals surface area (Å²) in [7, 11) is 0. The van der Waals surface area contributed by atoms with Crippen molar-refractivity contribution in [1.82, 2.24) is 15.1 Å². The zero-order chi connectivity index (χ0) is 22.3. The van der Waals surface area contributed by atoms with Crippen LogP contribution in [0, 0.1) is 0 Å². The van der Waals surface area contributed by atoms with Crippen molar-refractivity contribution < 1.29 is 14.3 Å². The summed E-state index contributed by atoms with van der Waals surface area (Å²) in [4.78, 5) is 30.6. The molecule has 2 rings (SSSR count). The number of nitrogens with one attached hydrogen (secondary N) is 1. The third-order valence-corrected chi connectivity index (χ3v) is 5.70. The van der Waals surface area contributed by atoms with Crippen molar-refractivity contribution in [3.05, 3.63) is 58.3 Å². The van der Waals surface area contributed by atoms with E-state index in [4.69, 9.17) is 4.74 Å². The fraction of sp³-hybridized carbons (Fsp3) is 0.500. The maximum atomic E-state index is 13.3. The number of nitrogens with zero attached hydrogens (tertiary/aromatic N) is 2. The number of carbonyl (C=O) groups excluding carboxylic acids is 2. The van der Waals surface area contributed by atoms with Crippen molar-refractivity contribution in [1.29, 1.82) is 0 Å². The maximum absolute atomic E-state index is 13.3. The Labute approximate surface area is 190 Å². The molecular formula is C24H35N3O3S. The summed E-state index contributed by atoms with van der Waals surface area (Å²) in [6, 6.07) is 13.8. The van der Waals surface area contributed by atoms with Crippen LogP contribution >= 0.6 is 11.3 Å². The summed E-state index contributed by atoms with van der Waals surface area (Å²) in [5.41, 5.74) is 1.07. The van der Waals surface area contributed by atoms with Crippen LogP contribution in [0.5, 0.6) is 0 Å². The lowest BCUT2D eigenvalue weighted by Gasteiger charge is -2.28. The lowest BCUT2D eigenvalue weighted by molar-refractivity contribution is -0.133. The summed E-state index contributed by atoms with van der Waals surface area (Å²) in [5, 5.41) is 4.96. The summed E-state index contributed by atoms with van der Waals surface area (Å²) in [6.45, 7) is 7.47. The molecule has 7 heteroatoms. The largest absolute Gasteiger partial charge is 0.382 e. The van der Waals surface area contributed by atoms with Gasteiger partial charge in [-0.2, -0.15) is 0 Å². The molecule has 0 aliphatic carbocycles. The van der Waals surface area contributed by atoms with E-state index in [1.54, 1.807) is 16.2 Å². The van der Waals surface area contributed by atoms with Crippen LogP contribution in [0.1, 0.15) is 43.6 Å². The first kappa shape index (κ1) is 24.9. The Hall–Kier alpha value is -2.38. The van der Waals surface area contributed by atoms with Gasteiger partial charge in [-0.15, -0.1) is 11.3 Å². The van der Waals surface area contributed by atoms with E-state index in [9.17, 15) is 9.59 Å². The van der Waals surface area contributed by atoms with Crippen LogP contribution in [-0.4, -0.2) is 54.6 Å². The monoisotopic (exact) mass is 445 g/mol. The van der Waals surface area contributed by atoms with Gasteiger partial charge < -0.3 is 19.9 Å². The molecule has 1 N–H and O–H groups in total. The van der Waals surface area contributed by atoms with Crippen LogP contribution in [-0.2, 0) is 22.6 Å². The lowest BCUT2D eigenvalue weighted by Crippen LogP contribution is -2.47. The first-order valence-corrected chi connectivity index (χ1v) is 12.0. The summed E-state index contributed by atoms with van der Waals surface area (Å²) < 4.78 is 5.41. The van der Waals surface area contributed by atoms with Gasteiger partial charge >= 0.3 is 6.03 Å². The number of rotatable bonds is 14. The van der Waals surface area contributed by atoms with Crippen LogP contribution in [0.4, 0.5) is 4.79 Å². The minimum atomic E-state index is -0.186. The number of carbonyl (C=O) groups is 2. The Morgan fingerprint density at radius 3 is 2.48 bits per heavy atom. The first-order valence-electron chi connectivity index (χ1n) is 11.1. The number of amides is 3. The Morgan fingerprint density at radius 1 is 1.00 bits per heavy atom. The van der Waals surface area contributed by atoms with Gasteiger partial charge in [-0.1, -0.05) is 49.7 Å². The minimum Gasteiger partial charge on any atom is -0.382 e. The van der Waals surface area contributed by atoms with E-state index in [0.29, 0.717) is 45.8 Å². The van der Waals surface area contributed by atoms with Crippen molar-refractivity contribution in [2.24, 2.45) is 0 Å². The van der Waals surface area contributed by atoms with Gasteiger partial charge in [-0.25, -0.2) is 4.79 Å². The molecule has 6 nitrogen and oxygen atoms in total. The van der Waals surface area contributed by atoms with Crippen LogP contribution in [0.15, 0.2) is 47.8 Å². The van der Waals surface area contributed by atoms with Crippen LogP contribution in [0.25, 0.3) is 0 Å². The fourth-order valence-electron chi connectivity index (χ4n) is 3.13. The quantitative estimate of drug-likeness (QED) is 0.435. The predicted molar refractivity (Wildman–Crippen MR) is 126 cm³/mol. The van der Waals surface area contributed by atoms with Crippen molar-refractivity contribution in [3.63, 3.8) is 0 Å². The minimum absolute atomic E-state index is 0.0562. The number of urea groups is 1. The highest BCUT2D eigenvalue weighted by Gasteiger charge is 2.22. The molecule has 1 heterocycles. The molecule has 170 valence electrons. The molecule has 0 atom stereocenters. The Bertz CT molecular complexity index is 753. The molecule has 0 bridgehead atoms. The molecule has 0 radical (unpaired) electrons. The van der Waals surface area contributed by atoms with Crippen molar-refractivity contribution >= 4 is 23.3 Å². The number of benzene rings is 1. The number of hydrogen-bond donors (Lipinski definition) is 1. The zero-order valence-corrected chi connectivity index (χ0v) is 19.5. The van der Waals surface area contributed by atoms with E-state index >= 15 is 0 Å². The molecule has 3 amide bonds. The van der Waals surface area contributed by atoms with Crippen molar-refractivity contribution in [2.45, 2.75) is 46.2 Å². The number of hydrogen-bond acceptors (Lipinski definition) is 4. The third kappa shape index (κ3) is 9.53. The molecule has 2 aromatic rings. The second-order valence-corrected chi connectivity index (χ2v) is 8.40. The molecule has 0 spiro atoms. The van der Waals surface area contributed by atoms with Crippen LogP contribution in [0.3, 0.4) is 0 Å². The number of ether oxygens (including phenoxy) is 1. The molecule has 0 aliphatic heterocycles. The lowest BCUT2D eigenvalue weighted by atomic mass is 10.2. The standard InChI is InChI=1S/C24H35N3O3S/c1-3-5-14-25-24(29)26(15-10-16-30-4-2)20-23(28)27(19-22-13-9-17-31-22)18-21-11-7-6-8-12-21/h6-9,11-13,17H,3-5,10,14-16,18-20H2,1-2H3,(H,25,29). The molecule has 31 heavy (non-hydrogen) atoms. The van der Waals surface area contributed by atoms with E-state index in [0.717, 1.165) is 23.3 Å². The summed E-state index contributed by atoms with van der Waals surface area (Å²) >= 11 is 1.63. The fourth-order valence-corrected chi connectivity index (χ4v) is 3.85. The number of thiophene rings is 1. The Balaban J connectivity index is 2.06. The molecule has 1 aromatic carbocycles. The Morgan fingerprint density at radius 2 is 1.81 bits per heavy atom. The van der Waals surface area contributed by atoms with Crippen molar-refractivity contribution in [2.75, 3.05) is 32.8 Å². The van der Waals surface area contributed by atoms with Gasteiger partial charge in [0, 0.05) is 37.7 Å². The highest BCUT2D eigenvalue weighted by molar-refractivity contribution is 7.09. The zero-order valence-electron chi connectivity index (χ0n) is 18.7. The maximum Gasteiger partial charge on any atom is 0.317 e. The first-order chi connectivity index (χ1) is 15.1. The average Bonchev–Trinajstić information content (AvgIpc) is 3.29. The molecule has 1 aromatic heterocycles. The molecule has 0 aliphatic rings. The smallest absolute Gasteiger partial charge is 0.317 e. The topological polar surface area (TPSA) is 61.9 Å². The van der Waals surface area contributed by atoms with Gasteiger partial charge in [-0.3, -0.25) is 4.79 Å². The third-order valence-electron chi connectivity index (χ3n) is 4.84. The van der Waals surface area contributed by atoms with Gasteiger partial charge in [0.15, 0.2) is 0 Å². The second-order valence-electron chi connectivity index (χ2n) is 7.37. The van der Waals surface area contributed by atoms with E-state index in [1.165, 1.54) is 0 Å². The SMILES string of the molecule is CCCCNC(=O)N(CCCOCC)CC(=O)N(Cc1ccccc1)Cc1cccs1. The van der Waals surface area contributed by atoms with Gasteiger partial charge in [-0.05, 0) is 36.8 Å². The highest BCUT2D eigenvalue weighted by atomic mass is 32.1. The molecule has 0 fully saturated rings. The van der Waals surface area contributed by atoms with E-state index in [1.807, 2.05) is 59.7 Å².